The van der Waals surface area contributed by atoms with Gasteiger partial charge in [-0.15, -0.1) is 0 Å². The summed E-state index contributed by atoms with van der Waals surface area (Å²) in [5.74, 6) is -0.380. The van der Waals surface area contributed by atoms with Gasteiger partial charge in [0.15, 0.2) is 11.5 Å². The van der Waals surface area contributed by atoms with Gasteiger partial charge in [0.25, 0.3) is 6.43 Å². The van der Waals surface area contributed by atoms with Gasteiger partial charge in [0, 0.05) is 29.9 Å². The number of nitrogens with zero attached hydrogens (tertiary/aromatic N) is 6. The number of allylic oxidation sites excluding steroid dienone is 6. The van der Waals surface area contributed by atoms with Crippen LogP contribution in [0.2, 0.25) is 0 Å². The molecule has 4 rings (SSSR count). The van der Waals surface area contributed by atoms with Crippen LogP contribution in [0.25, 0.3) is 11.7 Å². The van der Waals surface area contributed by atoms with Crippen LogP contribution in [-0.2, 0) is 0 Å². The smallest absolute Gasteiger partial charge is 0.283 e. The second kappa shape index (κ2) is 8.50. The second-order valence-corrected chi connectivity index (χ2v) is 8.10. The van der Waals surface area contributed by atoms with Crippen LogP contribution in [0, 0.1) is 18.3 Å². The van der Waals surface area contributed by atoms with Crippen molar-refractivity contribution in [2.45, 2.75) is 26.4 Å². The summed E-state index contributed by atoms with van der Waals surface area (Å²) in [4.78, 5) is 10.2. The first-order valence-electron chi connectivity index (χ1n) is 9.86. The minimum atomic E-state index is -2.98. The topological polar surface area (TPSA) is 89.8 Å². The van der Waals surface area contributed by atoms with Crippen molar-refractivity contribution >= 4 is 34.9 Å². The lowest BCUT2D eigenvalue weighted by molar-refractivity contribution is 0.139. The zero-order valence-corrected chi connectivity index (χ0v) is 18.4. The molecule has 0 aromatic carbocycles. The van der Waals surface area contributed by atoms with Crippen molar-refractivity contribution in [3.63, 3.8) is 0 Å². The number of aliphatic hydroxyl groups is 1. The van der Waals surface area contributed by atoms with Gasteiger partial charge in [0.1, 0.15) is 28.9 Å². The van der Waals surface area contributed by atoms with Gasteiger partial charge in [-0.25, -0.2) is 18.2 Å². The van der Waals surface area contributed by atoms with Gasteiger partial charge < -0.3 is 10.0 Å². The number of aromatic nitrogens is 3. The molecule has 1 fully saturated rings. The van der Waals surface area contributed by atoms with Crippen LogP contribution in [0.3, 0.4) is 0 Å². The average Bonchev–Trinajstić information content (AvgIpc) is 3.09. The van der Waals surface area contributed by atoms with E-state index in [9.17, 15) is 23.5 Å². The maximum atomic E-state index is 14.8. The summed E-state index contributed by atoms with van der Waals surface area (Å²) in [6.07, 6.45) is 0.961. The summed E-state index contributed by atoms with van der Waals surface area (Å²) in [5, 5.41) is 23.2. The lowest BCUT2D eigenvalue weighted by atomic mass is 9.99. The molecule has 0 unspecified atom stereocenters. The summed E-state index contributed by atoms with van der Waals surface area (Å²) >= 11 is 5.93. The third-order valence-electron chi connectivity index (χ3n) is 5.18. The highest BCUT2D eigenvalue weighted by Gasteiger charge is 2.32. The summed E-state index contributed by atoms with van der Waals surface area (Å²) in [6, 6.07) is 1.76. The fraction of sp³-hybridized carbons (Fsp3) is 0.273. The molecule has 1 saturated heterocycles. The Balaban J connectivity index is 2.01. The first kappa shape index (κ1) is 22.8. The van der Waals surface area contributed by atoms with Crippen molar-refractivity contribution in [3.8, 4) is 6.07 Å². The van der Waals surface area contributed by atoms with Crippen LogP contribution in [0.5, 0.6) is 0 Å². The van der Waals surface area contributed by atoms with E-state index in [0.717, 1.165) is 0 Å². The van der Waals surface area contributed by atoms with E-state index >= 15 is 0 Å². The van der Waals surface area contributed by atoms with Crippen molar-refractivity contribution in [2.24, 2.45) is 4.99 Å². The molecule has 33 heavy (non-hydrogen) atoms. The van der Waals surface area contributed by atoms with Gasteiger partial charge >= 0.3 is 0 Å². The zero-order chi connectivity index (χ0) is 24.0. The molecule has 1 aliphatic carbocycles. The summed E-state index contributed by atoms with van der Waals surface area (Å²) in [6.45, 7) is 7.39. The van der Waals surface area contributed by atoms with Crippen molar-refractivity contribution in [1.29, 1.82) is 5.26 Å². The molecule has 0 spiro atoms. The van der Waals surface area contributed by atoms with Crippen LogP contribution in [0.15, 0.2) is 45.9 Å². The van der Waals surface area contributed by atoms with E-state index in [1.54, 1.807) is 37.0 Å². The molecule has 2 aromatic heterocycles. The predicted molar refractivity (Wildman–Crippen MR) is 119 cm³/mol. The fourth-order valence-corrected chi connectivity index (χ4v) is 3.82. The highest BCUT2D eigenvalue weighted by molar-refractivity contribution is 6.36. The lowest BCUT2D eigenvalue weighted by Gasteiger charge is -2.38. The normalized spacial score (nSPS) is 19.2. The molecule has 11 heteroatoms. The molecular formula is C22H18ClF3N6O. The Morgan fingerprint density at radius 3 is 2.70 bits per heavy atom. The number of hydrogen-bond donors (Lipinski definition) is 1. The highest BCUT2D eigenvalue weighted by Crippen LogP contribution is 2.35. The SMILES string of the molecule is C=C(C)N=C1C(F)=C(Cl)C=C/C1=C\c1c(C)nc2c(C#N)c(C(F)F)nn2c1N1CC(O)C1. The quantitative estimate of drug-likeness (QED) is 0.710. The van der Waals surface area contributed by atoms with Gasteiger partial charge in [-0.1, -0.05) is 24.3 Å². The molecule has 2 aromatic rings. The van der Waals surface area contributed by atoms with Gasteiger partial charge in [0.2, 0.25) is 0 Å². The number of alkyl halides is 2. The van der Waals surface area contributed by atoms with Crippen LogP contribution < -0.4 is 4.90 Å². The van der Waals surface area contributed by atoms with Crippen molar-refractivity contribution in [2.75, 3.05) is 18.0 Å². The molecule has 0 radical (unpaired) electrons. The highest BCUT2D eigenvalue weighted by atomic mass is 35.5. The van der Waals surface area contributed by atoms with E-state index in [1.165, 1.54) is 10.6 Å². The first-order chi connectivity index (χ1) is 15.6. The summed E-state index contributed by atoms with van der Waals surface area (Å²) < 4.78 is 43.1. The van der Waals surface area contributed by atoms with E-state index in [0.29, 0.717) is 28.3 Å². The Bertz CT molecular complexity index is 1340. The minimum Gasteiger partial charge on any atom is -0.389 e. The molecule has 1 N–H and O–H groups in total. The number of aliphatic hydroxyl groups excluding tert-OH is 1. The molecular weight excluding hydrogens is 457 g/mol. The molecule has 0 bridgehead atoms. The van der Waals surface area contributed by atoms with Gasteiger partial charge in [-0.3, -0.25) is 4.99 Å². The van der Waals surface area contributed by atoms with Crippen LogP contribution in [0.1, 0.15) is 35.9 Å². The Labute approximate surface area is 192 Å². The molecule has 7 nitrogen and oxygen atoms in total. The van der Waals surface area contributed by atoms with Gasteiger partial charge in [-0.2, -0.15) is 14.9 Å². The lowest BCUT2D eigenvalue weighted by Crippen LogP contribution is -2.52. The number of halogens is 4. The largest absolute Gasteiger partial charge is 0.389 e. The molecule has 0 saturated carbocycles. The van der Waals surface area contributed by atoms with E-state index < -0.39 is 24.1 Å². The maximum absolute atomic E-state index is 14.8. The number of anilines is 1. The number of nitriles is 1. The van der Waals surface area contributed by atoms with Crippen molar-refractivity contribution < 1.29 is 18.3 Å². The molecule has 1 aliphatic heterocycles. The number of rotatable bonds is 4. The van der Waals surface area contributed by atoms with Gasteiger partial charge in [-0.05, 0) is 26.0 Å². The number of aryl methyl sites for hydroxylation is 1. The number of hydrogen-bond acceptors (Lipinski definition) is 6. The zero-order valence-electron chi connectivity index (χ0n) is 17.7. The Morgan fingerprint density at radius 2 is 2.12 bits per heavy atom. The Hall–Kier alpha value is -3.42. The average molecular weight is 475 g/mol. The molecule has 2 aliphatic rings. The molecule has 0 amide bonds. The van der Waals surface area contributed by atoms with Crippen LogP contribution in [0.4, 0.5) is 19.0 Å². The van der Waals surface area contributed by atoms with Gasteiger partial charge in [0.05, 0.1) is 16.8 Å². The van der Waals surface area contributed by atoms with Crippen molar-refractivity contribution in [1.82, 2.24) is 14.6 Å². The minimum absolute atomic E-state index is 0.0204. The van der Waals surface area contributed by atoms with Crippen molar-refractivity contribution in [3.05, 3.63) is 63.4 Å². The number of β-amino-alcohol motifs (C(OH)–C–C–N with tert-alkyl or cyclic N) is 1. The third kappa shape index (κ3) is 3.94. The van der Waals surface area contributed by atoms with E-state index in [1.807, 2.05) is 0 Å². The molecule has 0 atom stereocenters. The van der Waals surface area contributed by atoms with Crippen LogP contribution in [-0.4, -0.2) is 44.6 Å². The third-order valence-corrected chi connectivity index (χ3v) is 5.47. The summed E-state index contributed by atoms with van der Waals surface area (Å²) in [5.41, 5.74) is 0.498. The second-order valence-electron chi connectivity index (χ2n) is 7.69. The monoisotopic (exact) mass is 474 g/mol. The van der Waals surface area contributed by atoms with E-state index in [-0.39, 0.29) is 35.0 Å². The van der Waals surface area contributed by atoms with Crippen LogP contribution >= 0.6 is 11.6 Å². The standard InChI is InChI=1S/C22H18ClF3N6O/c1-10(2)28-18-12(4-5-16(23)17(18)24)6-14-11(3)29-21-15(7-27)19(20(25)26)30-32(21)22(14)31-8-13(33)9-31/h4-6,13,20,33H,1,8-9H2,2-3H3/b12-6+,28-18?. The Kier molecular flexibility index (Phi) is 5.86. The predicted octanol–water partition coefficient (Wildman–Crippen LogP) is 4.38. The Morgan fingerprint density at radius 1 is 1.42 bits per heavy atom. The molecule has 170 valence electrons. The van der Waals surface area contributed by atoms with E-state index in [2.05, 4.69) is 21.7 Å². The molecule has 3 heterocycles. The first-order valence-corrected chi connectivity index (χ1v) is 10.2. The summed E-state index contributed by atoms with van der Waals surface area (Å²) in [7, 11) is 0. The number of aliphatic imine (C=N–C) groups is 1. The fourth-order valence-electron chi connectivity index (χ4n) is 3.66. The maximum Gasteiger partial charge on any atom is 0.283 e. The number of fused-ring (bicyclic) bond motifs is 1. The van der Waals surface area contributed by atoms with E-state index in [4.69, 9.17) is 11.6 Å².